The summed E-state index contributed by atoms with van der Waals surface area (Å²) in [5.41, 5.74) is 1.54. The van der Waals surface area contributed by atoms with Gasteiger partial charge in [0.2, 0.25) is 0 Å². The lowest BCUT2D eigenvalue weighted by atomic mass is 10.2. The average molecular weight is 338 g/mol. The maximum Gasteiger partial charge on any atom is 0.322 e. The van der Waals surface area contributed by atoms with E-state index in [9.17, 15) is 13.2 Å². The molecular formula is C16H22N2O4S. The third-order valence-electron chi connectivity index (χ3n) is 3.91. The molecule has 0 saturated carbocycles. The Kier molecular flexibility index (Phi) is 5.30. The highest BCUT2D eigenvalue weighted by molar-refractivity contribution is 7.91. The number of sulfone groups is 1. The molecule has 1 fully saturated rings. The highest BCUT2D eigenvalue weighted by atomic mass is 32.2. The zero-order valence-corrected chi connectivity index (χ0v) is 14.2. The van der Waals surface area contributed by atoms with E-state index in [2.05, 4.69) is 11.9 Å². The molecule has 7 heteroatoms. The molecule has 2 amide bonds. The fraction of sp³-hybridized carbons (Fsp3) is 0.438. The van der Waals surface area contributed by atoms with Crippen molar-refractivity contribution in [1.29, 1.82) is 0 Å². The van der Waals surface area contributed by atoms with Crippen LogP contribution in [0.15, 0.2) is 30.9 Å². The largest absolute Gasteiger partial charge is 0.497 e. The molecule has 0 aliphatic carbocycles. The van der Waals surface area contributed by atoms with Crippen LogP contribution in [-0.2, 0) is 9.84 Å². The van der Waals surface area contributed by atoms with Crippen molar-refractivity contribution in [2.24, 2.45) is 0 Å². The molecule has 1 N–H and O–H groups in total. The van der Waals surface area contributed by atoms with Gasteiger partial charge in [0.25, 0.3) is 0 Å². The third-order valence-corrected chi connectivity index (χ3v) is 5.66. The van der Waals surface area contributed by atoms with Crippen LogP contribution in [0.1, 0.15) is 12.0 Å². The molecule has 1 atom stereocenters. The van der Waals surface area contributed by atoms with E-state index >= 15 is 0 Å². The van der Waals surface area contributed by atoms with Crippen molar-refractivity contribution < 1.29 is 17.9 Å². The standard InChI is InChI=1S/C16H22N2O4S/c1-4-8-18(13-7-9-23(20,21)11-13)16(19)17-15-6-5-14(22-3)10-12(15)2/h4-6,10,13H,1,7-9,11H2,2-3H3,(H,17,19)/t13-/m1/s1. The summed E-state index contributed by atoms with van der Waals surface area (Å²) < 4.78 is 28.5. The smallest absolute Gasteiger partial charge is 0.322 e. The van der Waals surface area contributed by atoms with E-state index in [1.54, 1.807) is 25.3 Å². The van der Waals surface area contributed by atoms with Crippen LogP contribution in [-0.4, -0.2) is 50.6 Å². The number of benzene rings is 1. The summed E-state index contributed by atoms with van der Waals surface area (Å²) in [5.74, 6) is 0.848. The summed E-state index contributed by atoms with van der Waals surface area (Å²) in [6.07, 6.45) is 2.07. The quantitative estimate of drug-likeness (QED) is 0.835. The van der Waals surface area contributed by atoms with E-state index in [-0.39, 0.29) is 23.6 Å². The van der Waals surface area contributed by atoms with Gasteiger partial charge in [0.1, 0.15) is 5.75 Å². The number of hydrogen-bond donors (Lipinski definition) is 1. The molecule has 126 valence electrons. The van der Waals surface area contributed by atoms with Gasteiger partial charge in [0.05, 0.1) is 18.6 Å². The number of nitrogens with zero attached hydrogens (tertiary/aromatic N) is 1. The molecule has 6 nitrogen and oxygen atoms in total. The fourth-order valence-electron chi connectivity index (χ4n) is 2.65. The molecule has 0 spiro atoms. The Morgan fingerprint density at radius 3 is 2.78 bits per heavy atom. The number of urea groups is 1. The monoisotopic (exact) mass is 338 g/mol. The van der Waals surface area contributed by atoms with E-state index < -0.39 is 9.84 Å². The SMILES string of the molecule is C=CCN(C(=O)Nc1ccc(OC)cc1C)[C@@H]1CCS(=O)(=O)C1. The molecule has 0 bridgehead atoms. The highest BCUT2D eigenvalue weighted by Gasteiger charge is 2.34. The number of methoxy groups -OCH3 is 1. The van der Waals surface area contributed by atoms with Gasteiger partial charge in [-0.1, -0.05) is 6.08 Å². The Morgan fingerprint density at radius 1 is 1.52 bits per heavy atom. The topological polar surface area (TPSA) is 75.7 Å². The minimum Gasteiger partial charge on any atom is -0.497 e. The summed E-state index contributed by atoms with van der Waals surface area (Å²) >= 11 is 0. The van der Waals surface area contributed by atoms with Gasteiger partial charge < -0.3 is 15.0 Å². The highest BCUT2D eigenvalue weighted by Crippen LogP contribution is 2.23. The molecule has 0 unspecified atom stereocenters. The van der Waals surface area contributed by atoms with Gasteiger partial charge >= 0.3 is 6.03 Å². The van der Waals surface area contributed by atoms with Crippen LogP contribution in [0.4, 0.5) is 10.5 Å². The molecule has 1 heterocycles. The minimum atomic E-state index is -3.05. The zero-order chi connectivity index (χ0) is 17.0. The summed E-state index contributed by atoms with van der Waals surface area (Å²) in [7, 11) is -1.47. The predicted molar refractivity (Wildman–Crippen MR) is 90.7 cm³/mol. The second kappa shape index (κ2) is 7.04. The maximum atomic E-state index is 12.5. The first kappa shape index (κ1) is 17.3. The van der Waals surface area contributed by atoms with Crippen LogP contribution in [0.2, 0.25) is 0 Å². The molecule has 23 heavy (non-hydrogen) atoms. The number of hydrogen-bond acceptors (Lipinski definition) is 4. The van der Waals surface area contributed by atoms with E-state index in [1.807, 2.05) is 13.0 Å². The molecule has 1 aliphatic rings. The van der Waals surface area contributed by atoms with Gasteiger partial charge in [-0.25, -0.2) is 13.2 Å². The van der Waals surface area contributed by atoms with Crippen LogP contribution < -0.4 is 10.1 Å². The van der Waals surface area contributed by atoms with E-state index in [1.165, 1.54) is 4.90 Å². The Morgan fingerprint density at radius 2 is 2.26 bits per heavy atom. The number of nitrogens with one attached hydrogen (secondary N) is 1. The van der Waals surface area contributed by atoms with Crippen molar-refractivity contribution in [3.63, 3.8) is 0 Å². The number of ether oxygens (including phenoxy) is 1. The predicted octanol–water partition coefficient (Wildman–Crippen LogP) is 2.21. The first-order chi connectivity index (χ1) is 10.9. The number of anilines is 1. The van der Waals surface area contributed by atoms with Gasteiger partial charge in [-0.05, 0) is 37.1 Å². The van der Waals surface area contributed by atoms with Gasteiger partial charge in [0.15, 0.2) is 9.84 Å². The van der Waals surface area contributed by atoms with Gasteiger partial charge in [0, 0.05) is 18.3 Å². The second-order valence-electron chi connectivity index (χ2n) is 5.61. The maximum absolute atomic E-state index is 12.5. The molecule has 1 saturated heterocycles. The Balaban J connectivity index is 2.14. The molecule has 0 radical (unpaired) electrons. The molecule has 2 rings (SSSR count). The molecular weight excluding hydrogens is 316 g/mol. The Hall–Kier alpha value is -2.02. The summed E-state index contributed by atoms with van der Waals surface area (Å²) in [6.45, 7) is 5.83. The normalized spacial score (nSPS) is 19.1. The summed E-state index contributed by atoms with van der Waals surface area (Å²) in [4.78, 5) is 14.1. The van der Waals surface area contributed by atoms with Gasteiger partial charge in [-0.3, -0.25) is 0 Å². The van der Waals surface area contributed by atoms with Crippen molar-refractivity contribution in [3.8, 4) is 5.75 Å². The van der Waals surface area contributed by atoms with Crippen LogP contribution in [0.5, 0.6) is 5.75 Å². The third kappa shape index (κ3) is 4.25. The fourth-order valence-corrected chi connectivity index (χ4v) is 4.38. The Bertz CT molecular complexity index is 700. The molecule has 1 aromatic rings. The Labute approximate surface area is 137 Å². The zero-order valence-electron chi connectivity index (χ0n) is 13.4. The van der Waals surface area contributed by atoms with E-state index in [4.69, 9.17) is 4.74 Å². The van der Waals surface area contributed by atoms with E-state index in [0.717, 1.165) is 5.56 Å². The van der Waals surface area contributed by atoms with Gasteiger partial charge in [-0.15, -0.1) is 6.58 Å². The molecule has 1 aromatic carbocycles. The lowest BCUT2D eigenvalue weighted by molar-refractivity contribution is 0.201. The first-order valence-corrected chi connectivity index (χ1v) is 9.22. The summed E-state index contributed by atoms with van der Waals surface area (Å²) in [6, 6.07) is 4.73. The van der Waals surface area contributed by atoms with Crippen molar-refractivity contribution in [2.45, 2.75) is 19.4 Å². The summed E-state index contributed by atoms with van der Waals surface area (Å²) in [5, 5.41) is 2.84. The first-order valence-electron chi connectivity index (χ1n) is 7.40. The number of carbonyl (C=O) groups is 1. The second-order valence-corrected chi connectivity index (χ2v) is 7.84. The van der Waals surface area contributed by atoms with Crippen molar-refractivity contribution in [3.05, 3.63) is 36.4 Å². The minimum absolute atomic E-state index is 0.00978. The van der Waals surface area contributed by atoms with Crippen LogP contribution in [0, 0.1) is 6.92 Å². The van der Waals surface area contributed by atoms with Crippen LogP contribution in [0.25, 0.3) is 0 Å². The molecule has 1 aliphatic heterocycles. The van der Waals surface area contributed by atoms with Crippen molar-refractivity contribution in [1.82, 2.24) is 4.90 Å². The van der Waals surface area contributed by atoms with Gasteiger partial charge in [-0.2, -0.15) is 0 Å². The van der Waals surface area contributed by atoms with Crippen LogP contribution >= 0.6 is 0 Å². The average Bonchev–Trinajstić information content (AvgIpc) is 2.86. The number of rotatable bonds is 5. The van der Waals surface area contributed by atoms with Crippen LogP contribution in [0.3, 0.4) is 0 Å². The van der Waals surface area contributed by atoms with E-state index in [0.29, 0.717) is 24.4 Å². The number of amides is 2. The lowest BCUT2D eigenvalue weighted by Crippen LogP contribution is -2.43. The molecule has 0 aromatic heterocycles. The lowest BCUT2D eigenvalue weighted by Gasteiger charge is -2.27. The van der Waals surface area contributed by atoms with Crippen molar-refractivity contribution >= 4 is 21.6 Å². The number of carbonyl (C=O) groups excluding carboxylic acids is 1. The number of aryl methyl sites for hydroxylation is 1. The van der Waals surface area contributed by atoms with Crippen molar-refractivity contribution in [2.75, 3.05) is 30.5 Å².